The minimum Gasteiger partial charge on any atom is -0.289 e. The third-order valence-electron chi connectivity index (χ3n) is 2.29. The van der Waals surface area contributed by atoms with Crippen molar-refractivity contribution in [3.63, 3.8) is 0 Å². The Bertz CT molecular complexity index is 581. The molecule has 0 N–H and O–H groups in total. The molecule has 0 saturated heterocycles. The maximum Gasteiger partial charge on any atom is 0.195 e. The van der Waals surface area contributed by atoms with Gasteiger partial charge in [-0.2, -0.15) is 0 Å². The van der Waals surface area contributed by atoms with Gasteiger partial charge >= 0.3 is 0 Å². The van der Waals surface area contributed by atoms with Crippen molar-refractivity contribution in [1.82, 2.24) is 0 Å². The maximum atomic E-state index is 12.3. The van der Waals surface area contributed by atoms with E-state index in [2.05, 4.69) is 31.9 Å². The van der Waals surface area contributed by atoms with Crippen molar-refractivity contribution in [1.29, 1.82) is 0 Å². The lowest BCUT2D eigenvalue weighted by Crippen LogP contribution is -2.03. The van der Waals surface area contributed by atoms with E-state index in [0.29, 0.717) is 16.1 Å². The molecule has 0 aromatic heterocycles. The molecule has 4 heteroatoms. The van der Waals surface area contributed by atoms with Crippen LogP contribution in [-0.2, 0) is 0 Å². The van der Waals surface area contributed by atoms with Crippen molar-refractivity contribution in [3.05, 3.63) is 67.6 Å². The number of halogens is 3. The first-order valence-corrected chi connectivity index (χ1v) is 6.80. The van der Waals surface area contributed by atoms with Crippen LogP contribution in [0.15, 0.2) is 51.4 Å². The number of carbonyl (C=O) groups excluding carboxylic acids is 1. The van der Waals surface area contributed by atoms with Crippen LogP contribution in [0.25, 0.3) is 0 Å². The number of benzene rings is 2. The molecule has 17 heavy (non-hydrogen) atoms. The Balaban J connectivity index is 2.51. The van der Waals surface area contributed by atoms with E-state index in [4.69, 9.17) is 11.6 Å². The lowest BCUT2D eigenvalue weighted by molar-refractivity contribution is 0.103. The number of ketones is 1. The molecule has 2 aromatic rings. The van der Waals surface area contributed by atoms with Gasteiger partial charge in [-0.3, -0.25) is 4.79 Å². The Morgan fingerprint density at radius 1 is 1.00 bits per heavy atom. The summed E-state index contributed by atoms with van der Waals surface area (Å²) < 4.78 is 1.61. The summed E-state index contributed by atoms with van der Waals surface area (Å²) in [5.74, 6) is -0.0937. The first kappa shape index (κ1) is 12.8. The Morgan fingerprint density at radius 3 is 2.41 bits per heavy atom. The molecule has 0 aliphatic heterocycles. The Hall–Kier alpha value is -0.640. The summed E-state index contributed by atoms with van der Waals surface area (Å²) in [7, 11) is 0. The SMILES string of the molecule is O=C(c1ccccc1Cl)c1cc(Br)ccc1Br. The van der Waals surface area contributed by atoms with Crippen LogP contribution in [0.5, 0.6) is 0 Å². The number of carbonyl (C=O) groups is 1. The molecule has 0 unspecified atom stereocenters. The van der Waals surface area contributed by atoms with Crippen LogP contribution in [0.1, 0.15) is 15.9 Å². The van der Waals surface area contributed by atoms with Crippen LogP contribution in [0.4, 0.5) is 0 Å². The monoisotopic (exact) mass is 372 g/mol. The van der Waals surface area contributed by atoms with E-state index in [9.17, 15) is 4.79 Å². The molecule has 0 fully saturated rings. The van der Waals surface area contributed by atoms with Gasteiger partial charge in [0.1, 0.15) is 0 Å². The first-order chi connectivity index (χ1) is 8.09. The molecule has 0 bridgehead atoms. The van der Waals surface area contributed by atoms with Crippen molar-refractivity contribution in [2.45, 2.75) is 0 Å². The summed E-state index contributed by atoms with van der Waals surface area (Å²) >= 11 is 12.7. The topological polar surface area (TPSA) is 17.1 Å². The molecular weight excluding hydrogens is 367 g/mol. The second-order valence-electron chi connectivity index (χ2n) is 3.43. The fraction of sp³-hybridized carbons (Fsp3) is 0. The van der Waals surface area contributed by atoms with E-state index in [1.165, 1.54) is 0 Å². The normalized spacial score (nSPS) is 10.3. The predicted octanol–water partition coefficient (Wildman–Crippen LogP) is 5.10. The zero-order chi connectivity index (χ0) is 12.4. The van der Waals surface area contributed by atoms with E-state index in [-0.39, 0.29) is 5.78 Å². The molecule has 86 valence electrons. The fourth-order valence-electron chi connectivity index (χ4n) is 1.46. The highest BCUT2D eigenvalue weighted by atomic mass is 79.9. The molecule has 1 nitrogen and oxygen atoms in total. The van der Waals surface area contributed by atoms with Gasteiger partial charge in [-0.25, -0.2) is 0 Å². The molecule has 0 aliphatic rings. The average Bonchev–Trinajstić information content (AvgIpc) is 2.32. The quantitative estimate of drug-likeness (QED) is 0.669. The third kappa shape index (κ3) is 2.79. The smallest absolute Gasteiger partial charge is 0.195 e. The minimum absolute atomic E-state index is 0.0937. The van der Waals surface area contributed by atoms with Crippen molar-refractivity contribution in [2.75, 3.05) is 0 Å². The molecule has 0 heterocycles. The van der Waals surface area contributed by atoms with Gasteiger partial charge < -0.3 is 0 Å². The van der Waals surface area contributed by atoms with Crippen LogP contribution >= 0.6 is 43.5 Å². The van der Waals surface area contributed by atoms with Gasteiger partial charge in [0.25, 0.3) is 0 Å². The maximum absolute atomic E-state index is 12.3. The van der Waals surface area contributed by atoms with Crippen LogP contribution < -0.4 is 0 Å². The number of hydrogen-bond donors (Lipinski definition) is 0. The van der Waals surface area contributed by atoms with Gasteiger partial charge in [0, 0.05) is 20.1 Å². The second-order valence-corrected chi connectivity index (χ2v) is 5.61. The highest BCUT2D eigenvalue weighted by molar-refractivity contribution is 9.11. The Morgan fingerprint density at radius 2 is 1.71 bits per heavy atom. The second kappa shape index (κ2) is 5.34. The summed E-state index contributed by atoms with van der Waals surface area (Å²) in [6.45, 7) is 0. The van der Waals surface area contributed by atoms with Crippen LogP contribution in [0.2, 0.25) is 5.02 Å². The minimum atomic E-state index is -0.0937. The van der Waals surface area contributed by atoms with Gasteiger partial charge in [-0.1, -0.05) is 55.6 Å². The van der Waals surface area contributed by atoms with Gasteiger partial charge in [-0.05, 0) is 30.3 Å². The van der Waals surface area contributed by atoms with Gasteiger partial charge in [0.15, 0.2) is 5.78 Å². The van der Waals surface area contributed by atoms with Crippen LogP contribution in [0, 0.1) is 0 Å². The molecule has 2 rings (SSSR count). The summed E-state index contributed by atoms with van der Waals surface area (Å²) in [4.78, 5) is 12.3. The summed E-state index contributed by atoms with van der Waals surface area (Å²) in [6, 6.07) is 12.5. The summed E-state index contributed by atoms with van der Waals surface area (Å²) in [5.41, 5.74) is 1.10. The molecule has 0 radical (unpaired) electrons. The zero-order valence-electron chi connectivity index (χ0n) is 8.58. The molecular formula is C13H7Br2ClO. The lowest BCUT2D eigenvalue weighted by Gasteiger charge is -2.06. The highest BCUT2D eigenvalue weighted by Crippen LogP contribution is 2.26. The average molecular weight is 374 g/mol. The van der Waals surface area contributed by atoms with E-state index in [0.717, 1.165) is 8.95 Å². The van der Waals surface area contributed by atoms with Gasteiger partial charge in [0.2, 0.25) is 0 Å². The molecule has 0 saturated carbocycles. The van der Waals surface area contributed by atoms with E-state index < -0.39 is 0 Å². The van der Waals surface area contributed by atoms with Crippen molar-refractivity contribution < 1.29 is 4.79 Å². The largest absolute Gasteiger partial charge is 0.289 e. The van der Waals surface area contributed by atoms with Gasteiger partial charge in [-0.15, -0.1) is 0 Å². The molecule has 0 atom stereocenters. The summed E-state index contributed by atoms with van der Waals surface area (Å²) in [5, 5.41) is 0.462. The lowest BCUT2D eigenvalue weighted by atomic mass is 10.0. The van der Waals surface area contributed by atoms with Crippen molar-refractivity contribution in [2.24, 2.45) is 0 Å². The Labute approximate surface area is 121 Å². The van der Waals surface area contributed by atoms with Crippen molar-refractivity contribution >= 4 is 49.2 Å². The first-order valence-electron chi connectivity index (χ1n) is 4.84. The van der Waals surface area contributed by atoms with Crippen LogP contribution in [-0.4, -0.2) is 5.78 Å². The molecule has 0 spiro atoms. The van der Waals surface area contributed by atoms with E-state index >= 15 is 0 Å². The molecule has 2 aromatic carbocycles. The summed E-state index contributed by atoms with van der Waals surface area (Å²) in [6.07, 6.45) is 0. The highest BCUT2D eigenvalue weighted by Gasteiger charge is 2.15. The zero-order valence-corrected chi connectivity index (χ0v) is 12.5. The number of rotatable bonds is 2. The van der Waals surface area contributed by atoms with Crippen LogP contribution in [0.3, 0.4) is 0 Å². The van der Waals surface area contributed by atoms with Crippen molar-refractivity contribution in [3.8, 4) is 0 Å². The standard InChI is InChI=1S/C13H7Br2ClO/c14-8-5-6-11(15)10(7-8)13(17)9-3-1-2-4-12(9)16/h1-7H. The third-order valence-corrected chi connectivity index (χ3v) is 3.81. The van der Waals surface area contributed by atoms with Gasteiger partial charge in [0.05, 0.1) is 5.02 Å². The number of hydrogen-bond acceptors (Lipinski definition) is 1. The fourth-order valence-corrected chi connectivity index (χ4v) is 2.47. The predicted molar refractivity (Wildman–Crippen MR) is 76.7 cm³/mol. The molecule has 0 aliphatic carbocycles. The van der Waals surface area contributed by atoms with E-state index in [1.54, 1.807) is 30.3 Å². The molecule has 0 amide bonds. The Kier molecular flexibility index (Phi) is 4.02. The van der Waals surface area contributed by atoms with E-state index in [1.807, 2.05) is 12.1 Å².